The van der Waals surface area contributed by atoms with Crippen molar-refractivity contribution in [2.45, 2.75) is 10.1 Å². The van der Waals surface area contributed by atoms with Crippen LogP contribution in [0.3, 0.4) is 0 Å². The number of hydrogen-bond donors (Lipinski definition) is 2. The van der Waals surface area contributed by atoms with Crippen LogP contribution in [0.1, 0.15) is 10.4 Å². The second-order valence-electron chi connectivity index (χ2n) is 4.92. The van der Waals surface area contributed by atoms with Crippen molar-refractivity contribution in [1.29, 1.82) is 0 Å². The monoisotopic (exact) mass is 355 g/mol. The smallest absolute Gasteiger partial charge is 0.234 e. The van der Waals surface area contributed by atoms with Gasteiger partial charge in [0, 0.05) is 16.1 Å². The summed E-state index contributed by atoms with van der Waals surface area (Å²) >= 11 is 0. The Balaban J connectivity index is 1.81. The standard InChI is InChI=1S/C16H14N5O3S/c22-14(17-13-9-5-4-8-12(13)15(23)24)10-25(16-18-20-21-19-16)11-6-2-1-3-7-11/h1-9H,10H2,(H,17,22)(H,23,24)(H,18,19,20,21)/p-1. The number of aromatic nitrogens is 4. The minimum absolute atomic E-state index is 0.0604. The average Bonchev–Trinajstić information content (AvgIpc) is 3.15. The van der Waals surface area contributed by atoms with Crippen LogP contribution in [0.5, 0.6) is 0 Å². The van der Waals surface area contributed by atoms with Crippen LogP contribution in [0.25, 0.3) is 0 Å². The van der Waals surface area contributed by atoms with Crippen molar-refractivity contribution in [2.75, 3.05) is 11.1 Å². The fraction of sp³-hybridized carbons (Fsp3) is 0.0625. The van der Waals surface area contributed by atoms with Gasteiger partial charge in [-0.3, -0.25) is 4.79 Å². The Labute approximate surface area is 145 Å². The Kier molecular flexibility index (Phi) is 5.05. The number of anilines is 1. The van der Waals surface area contributed by atoms with Crippen molar-refractivity contribution >= 4 is 28.5 Å². The van der Waals surface area contributed by atoms with E-state index in [4.69, 9.17) is 0 Å². The Bertz CT molecular complexity index is 870. The lowest BCUT2D eigenvalue weighted by atomic mass is 10.2. The highest BCUT2D eigenvalue weighted by Crippen LogP contribution is 2.41. The summed E-state index contributed by atoms with van der Waals surface area (Å²) in [7, 11) is -0.732. The summed E-state index contributed by atoms with van der Waals surface area (Å²) in [5.74, 6) is -1.65. The first-order chi connectivity index (χ1) is 12.1. The van der Waals surface area contributed by atoms with Gasteiger partial charge in [-0.2, -0.15) is 5.21 Å². The molecule has 0 saturated carbocycles. The topological polar surface area (TPSA) is 124 Å². The Morgan fingerprint density at radius 1 is 1.08 bits per heavy atom. The SMILES string of the molecule is O=C(C[S](c1ccccc1)c1nn[nH]n1)Nc1ccccc1C(=O)[O-]. The van der Waals surface area contributed by atoms with Gasteiger partial charge in [0.2, 0.25) is 11.1 Å². The van der Waals surface area contributed by atoms with E-state index in [1.807, 2.05) is 30.3 Å². The summed E-state index contributed by atoms with van der Waals surface area (Å²) in [6.45, 7) is 0. The molecular weight excluding hydrogens is 342 g/mol. The lowest BCUT2D eigenvalue weighted by Crippen LogP contribution is -2.25. The van der Waals surface area contributed by atoms with Gasteiger partial charge in [-0.25, -0.2) is 0 Å². The van der Waals surface area contributed by atoms with E-state index in [0.717, 1.165) is 4.90 Å². The van der Waals surface area contributed by atoms with Crippen LogP contribution in [-0.4, -0.2) is 38.3 Å². The third kappa shape index (κ3) is 4.01. The highest BCUT2D eigenvalue weighted by atomic mass is 32.2. The molecule has 9 heteroatoms. The average molecular weight is 355 g/mol. The number of tetrazole rings is 1. The molecule has 1 heterocycles. The van der Waals surface area contributed by atoms with E-state index in [1.165, 1.54) is 12.1 Å². The van der Waals surface area contributed by atoms with E-state index >= 15 is 0 Å². The number of H-pyrrole nitrogens is 1. The second kappa shape index (κ2) is 7.58. The molecule has 0 spiro atoms. The van der Waals surface area contributed by atoms with Gasteiger partial charge in [0.25, 0.3) is 0 Å². The molecule has 0 saturated heterocycles. The minimum atomic E-state index is -1.35. The number of aromatic carboxylic acids is 1. The third-order valence-corrected chi connectivity index (χ3v) is 5.28. The number of carboxylic acid groups (broad SMARTS) is 1. The molecule has 127 valence electrons. The van der Waals surface area contributed by atoms with Gasteiger partial charge in [-0.05, 0) is 23.4 Å². The molecule has 0 unspecified atom stereocenters. The number of carbonyl (C=O) groups is 2. The Hall–Kier alpha value is -3.20. The first-order valence-electron chi connectivity index (χ1n) is 7.25. The first kappa shape index (κ1) is 16.7. The molecule has 0 aliphatic carbocycles. The second-order valence-corrected chi connectivity index (χ2v) is 6.83. The van der Waals surface area contributed by atoms with Gasteiger partial charge < -0.3 is 15.2 Å². The number of carbonyl (C=O) groups excluding carboxylic acids is 2. The van der Waals surface area contributed by atoms with Crippen LogP contribution in [0.4, 0.5) is 5.69 Å². The molecule has 25 heavy (non-hydrogen) atoms. The molecule has 8 nitrogen and oxygen atoms in total. The van der Waals surface area contributed by atoms with E-state index in [2.05, 4.69) is 25.9 Å². The summed E-state index contributed by atoms with van der Waals surface area (Å²) in [5.41, 5.74) is 0.118. The number of aromatic amines is 1. The van der Waals surface area contributed by atoms with Crippen LogP contribution < -0.4 is 10.4 Å². The number of nitrogens with one attached hydrogen (secondary N) is 2. The number of nitrogens with zero attached hydrogens (tertiary/aromatic N) is 3. The maximum atomic E-state index is 12.5. The quantitative estimate of drug-likeness (QED) is 0.677. The normalized spacial score (nSPS) is 10.6. The van der Waals surface area contributed by atoms with Crippen LogP contribution >= 0.6 is 10.9 Å². The fourth-order valence-electron chi connectivity index (χ4n) is 2.18. The zero-order valence-corrected chi connectivity index (χ0v) is 13.7. The predicted molar refractivity (Wildman–Crippen MR) is 89.0 cm³/mol. The molecule has 2 aromatic carbocycles. The summed E-state index contributed by atoms with van der Waals surface area (Å²) in [5, 5.41) is 28.1. The van der Waals surface area contributed by atoms with Gasteiger partial charge >= 0.3 is 0 Å². The summed E-state index contributed by atoms with van der Waals surface area (Å²) in [4.78, 5) is 24.5. The Morgan fingerprint density at radius 3 is 2.48 bits per heavy atom. The van der Waals surface area contributed by atoms with Crippen LogP contribution in [0, 0.1) is 0 Å². The van der Waals surface area contributed by atoms with E-state index in [9.17, 15) is 14.7 Å². The number of benzene rings is 2. The molecule has 0 aliphatic rings. The maximum absolute atomic E-state index is 12.5. The zero-order valence-electron chi connectivity index (χ0n) is 12.9. The van der Waals surface area contributed by atoms with Crippen LogP contribution in [0.2, 0.25) is 0 Å². The molecule has 2 N–H and O–H groups in total. The number of carboxylic acids is 1. The fourth-order valence-corrected chi connectivity index (χ4v) is 3.80. The van der Waals surface area contributed by atoms with Crippen molar-refractivity contribution in [2.24, 2.45) is 0 Å². The zero-order chi connectivity index (χ0) is 17.6. The molecule has 1 amide bonds. The molecule has 1 aromatic heterocycles. The molecule has 0 bridgehead atoms. The van der Waals surface area contributed by atoms with Crippen molar-refractivity contribution in [1.82, 2.24) is 20.6 Å². The predicted octanol–water partition coefficient (Wildman–Crippen LogP) is 0.889. The molecule has 0 fully saturated rings. The summed E-state index contributed by atoms with van der Waals surface area (Å²) in [6.07, 6.45) is 0. The van der Waals surface area contributed by atoms with Crippen molar-refractivity contribution in [3.63, 3.8) is 0 Å². The number of amides is 1. The van der Waals surface area contributed by atoms with E-state index in [-0.39, 0.29) is 22.9 Å². The molecule has 1 radical (unpaired) electrons. The van der Waals surface area contributed by atoms with Gasteiger partial charge in [0.1, 0.15) is 0 Å². The highest BCUT2D eigenvalue weighted by Gasteiger charge is 2.20. The van der Waals surface area contributed by atoms with E-state index < -0.39 is 16.9 Å². The van der Waals surface area contributed by atoms with Crippen molar-refractivity contribution in [3.05, 3.63) is 60.2 Å². The molecule has 0 atom stereocenters. The van der Waals surface area contributed by atoms with E-state index in [1.54, 1.807) is 12.1 Å². The maximum Gasteiger partial charge on any atom is 0.234 e. The number of para-hydroxylation sites is 1. The number of hydrogen-bond acceptors (Lipinski definition) is 6. The molecule has 3 aromatic rings. The summed E-state index contributed by atoms with van der Waals surface area (Å²) < 4.78 is 0. The van der Waals surface area contributed by atoms with Gasteiger partial charge in [0.15, 0.2) is 0 Å². The molecule has 3 rings (SSSR count). The largest absolute Gasteiger partial charge is 0.545 e. The minimum Gasteiger partial charge on any atom is -0.545 e. The third-order valence-electron chi connectivity index (χ3n) is 3.27. The first-order valence-corrected chi connectivity index (χ1v) is 8.64. The summed E-state index contributed by atoms with van der Waals surface area (Å²) in [6, 6.07) is 15.4. The van der Waals surface area contributed by atoms with Gasteiger partial charge in [-0.15, -0.1) is 10.2 Å². The lowest BCUT2D eigenvalue weighted by molar-refractivity contribution is -0.254. The Morgan fingerprint density at radius 2 is 1.80 bits per heavy atom. The van der Waals surface area contributed by atoms with Crippen LogP contribution in [0.15, 0.2) is 64.6 Å². The van der Waals surface area contributed by atoms with Gasteiger partial charge in [-0.1, -0.05) is 47.3 Å². The number of rotatable bonds is 6. The highest BCUT2D eigenvalue weighted by molar-refractivity contribution is 8.17. The van der Waals surface area contributed by atoms with Crippen molar-refractivity contribution in [3.8, 4) is 0 Å². The van der Waals surface area contributed by atoms with Crippen LogP contribution in [-0.2, 0) is 4.79 Å². The van der Waals surface area contributed by atoms with Crippen molar-refractivity contribution < 1.29 is 14.7 Å². The van der Waals surface area contributed by atoms with E-state index in [0.29, 0.717) is 5.16 Å². The van der Waals surface area contributed by atoms with Gasteiger partial charge in [0.05, 0.1) is 11.7 Å². The molecule has 0 aliphatic heterocycles. The lowest BCUT2D eigenvalue weighted by Gasteiger charge is -2.17. The molecular formula is C16H13N5O3S-.